The monoisotopic (exact) mass is 363 g/mol. The largest absolute Gasteiger partial charge is 0.382 e. The first kappa shape index (κ1) is 22.7. The lowest BCUT2D eigenvalue weighted by Gasteiger charge is -2.33. The molecule has 3 atom stereocenters. The number of aliphatic hydroxyl groups excluding tert-OH is 1. The van der Waals surface area contributed by atoms with Crippen LogP contribution in [0.2, 0.25) is 0 Å². The summed E-state index contributed by atoms with van der Waals surface area (Å²) < 4.78 is -0.595. The Morgan fingerprint density at radius 2 is 1.67 bits per heavy atom. The Hall–Kier alpha value is -1.32. The average molecular weight is 363 g/mol. The van der Waals surface area contributed by atoms with Gasteiger partial charge in [-0.05, 0) is 32.4 Å². The standard InChI is InChI=1S/C15H29N3O5S/c1-8(2)7-9(10(19)13(21)18-23)12(20)17-11(14(22)16-5)15(3,4)24-6/h8-11,19,23H,7H2,1-6H3,(H,16,22)(H,17,20)(H,18,21)/t9-,10+,11?/m1/s1. The van der Waals surface area contributed by atoms with Crippen molar-refractivity contribution in [2.45, 2.75) is 51.0 Å². The molecule has 5 N–H and O–H groups in total. The molecule has 0 aromatic carbocycles. The molecule has 0 heterocycles. The third-order valence-electron chi connectivity index (χ3n) is 3.84. The minimum Gasteiger partial charge on any atom is -0.382 e. The minimum absolute atomic E-state index is 0.0221. The highest BCUT2D eigenvalue weighted by Crippen LogP contribution is 2.27. The van der Waals surface area contributed by atoms with Crippen molar-refractivity contribution in [3.63, 3.8) is 0 Å². The molecule has 0 aliphatic rings. The number of amides is 3. The lowest BCUT2D eigenvalue weighted by molar-refractivity contribution is -0.147. The Kier molecular flexibility index (Phi) is 9.31. The van der Waals surface area contributed by atoms with Crippen LogP contribution >= 0.6 is 11.8 Å². The Bertz CT molecular complexity index is 456. The fourth-order valence-corrected chi connectivity index (χ4v) is 2.60. The van der Waals surface area contributed by atoms with Crippen LogP contribution in [-0.4, -0.2) is 58.2 Å². The van der Waals surface area contributed by atoms with Gasteiger partial charge < -0.3 is 15.7 Å². The number of hydrogen-bond acceptors (Lipinski definition) is 6. The van der Waals surface area contributed by atoms with Crippen LogP contribution in [0.25, 0.3) is 0 Å². The Morgan fingerprint density at radius 1 is 1.12 bits per heavy atom. The van der Waals surface area contributed by atoms with Crippen molar-refractivity contribution >= 4 is 29.5 Å². The molecule has 0 radical (unpaired) electrons. The van der Waals surface area contributed by atoms with Crippen LogP contribution in [0, 0.1) is 11.8 Å². The van der Waals surface area contributed by atoms with Gasteiger partial charge in [-0.15, -0.1) is 0 Å². The number of rotatable bonds is 9. The molecule has 0 aromatic rings. The summed E-state index contributed by atoms with van der Waals surface area (Å²) in [6.45, 7) is 7.30. The first-order valence-corrected chi connectivity index (χ1v) is 8.93. The zero-order valence-electron chi connectivity index (χ0n) is 15.0. The Morgan fingerprint density at radius 3 is 2.04 bits per heavy atom. The highest BCUT2D eigenvalue weighted by molar-refractivity contribution is 8.00. The van der Waals surface area contributed by atoms with Crippen molar-refractivity contribution in [1.29, 1.82) is 0 Å². The van der Waals surface area contributed by atoms with Gasteiger partial charge in [0.1, 0.15) is 12.1 Å². The molecule has 3 amide bonds. The van der Waals surface area contributed by atoms with Gasteiger partial charge in [-0.25, -0.2) is 5.48 Å². The van der Waals surface area contributed by atoms with Gasteiger partial charge in [-0.3, -0.25) is 19.6 Å². The van der Waals surface area contributed by atoms with Crippen LogP contribution in [0.4, 0.5) is 0 Å². The van der Waals surface area contributed by atoms with Crippen LogP contribution in [0.5, 0.6) is 0 Å². The number of hydrogen-bond donors (Lipinski definition) is 5. The zero-order chi connectivity index (χ0) is 19.1. The van der Waals surface area contributed by atoms with Gasteiger partial charge in [-0.2, -0.15) is 11.8 Å². The van der Waals surface area contributed by atoms with Gasteiger partial charge in [0.2, 0.25) is 11.8 Å². The Balaban J connectivity index is 5.45. The first-order valence-electron chi connectivity index (χ1n) is 7.70. The molecule has 0 aliphatic carbocycles. The number of nitrogens with one attached hydrogen (secondary N) is 3. The van der Waals surface area contributed by atoms with Crippen molar-refractivity contribution in [3.8, 4) is 0 Å². The molecule has 1 unspecified atom stereocenters. The smallest absolute Gasteiger partial charge is 0.272 e. The summed E-state index contributed by atoms with van der Waals surface area (Å²) >= 11 is 1.41. The third-order valence-corrected chi connectivity index (χ3v) is 5.13. The summed E-state index contributed by atoms with van der Waals surface area (Å²) in [5.74, 6) is -3.10. The molecule has 140 valence electrons. The number of carbonyl (C=O) groups excluding carboxylic acids is 3. The van der Waals surface area contributed by atoms with E-state index >= 15 is 0 Å². The molecule has 9 heteroatoms. The summed E-state index contributed by atoms with van der Waals surface area (Å²) in [5, 5.41) is 23.8. The van der Waals surface area contributed by atoms with Crippen molar-refractivity contribution in [2.75, 3.05) is 13.3 Å². The molecule has 0 rings (SSSR count). The maximum absolute atomic E-state index is 12.6. The summed E-state index contributed by atoms with van der Waals surface area (Å²) in [7, 11) is 1.47. The SMILES string of the molecule is CNC(=O)C(NC(=O)[C@H](CC(C)C)[C@H](O)C(=O)NO)C(C)(C)SC. The predicted molar refractivity (Wildman–Crippen MR) is 92.5 cm³/mol. The van der Waals surface area contributed by atoms with Gasteiger partial charge in [-0.1, -0.05) is 13.8 Å². The van der Waals surface area contributed by atoms with E-state index in [0.29, 0.717) is 0 Å². The normalized spacial score (nSPS) is 15.4. The minimum atomic E-state index is -1.71. The molecular weight excluding hydrogens is 334 g/mol. The summed E-state index contributed by atoms with van der Waals surface area (Å²) in [5.41, 5.74) is 1.35. The number of likely N-dealkylation sites (N-methyl/N-ethyl adjacent to an activating group) is 1. The molecule has 24 heavy (non-hydrogen) atoms. The van der Waals surface area contributed by atoms with Crippen LogP contribution in [0.1, 0.15) is 34.1 Å². The highest BCUT2D eigenvalue weighted by Gasteiger charge is 2.39. The average Bonchev–Trinajstić information content (AvgIpc) is 2.54. The molecule has 0 fully saturated rings. The van der Waals surface area contributed by atoms with E-state index in [0.717, 1.165) is 0 Å². The third kappa shape index (κ3) is 6.29. The van der Waals surface area contributed by atoms with Crippen LogP contribution < -0.4 is 16.1 Å². The lowest BCUT2D eigenvalue weighted by atomic mass is 9.90. The molecule has 8 nitrogen and oxygen atoms in total. The highest BCUT2D eigenvalue weighted by atomic mass is 32.2. The molecule has 0 aromatic heterocycles. The van der Waals surface area contributed by atoms with Crippen LogP contribution in [-0.2, 0) is 14.4 Å². The summed E-state index contributed by atoms with van der Waals surface area (Å²) in [6.07, 6.45) is 0.336. The molecule has 0 saturated carbocycles. The van der Waals surface area contributed by atoms with Gasteiger partial charge >= 0.3 is 0 Å². The van der Waals surface area contributed by atoms with E-state index in [-0.39, 0.29) is 18.2 Å². The lowest BCUT2D eigenvalue weighted by Crippen LogP contribution is -2.58. The van der Waals surface area contributed by atoms with Gasteiger partial charge in [0.25, 0.3) is 5.91 Å². The van der Waals surface area contributed by atoms with Gasteiger partial charge in [0, 0.05) is 11.8 Å². The second kappa shape index (κ2) is 9.85. The number of carbonyl (C=O) groups is 3. The fraction of sp³-hybridized carbons (Fsp3) is 0.800. The molecule has 0 saturated heterocycles. The van der Waals surface area contributed by atoms with E-state index in [1.807, 2.05) is 34.0 Å². The van der Waals surface area contributed by atoms with E-state index in [1.165, 1.54) is 24.3 Å². The number of hydroxylamine groups is 1. The maximum Gasteiger partial charge on any atom is 0.272 e. The van der Waals surface area contributed by atoms with Gasteiger partial charge in [0.05, 0.1) is 5.92 Å². The summed E-state index contributed by atoms with van der Waals surface area (Å²) in [4.78, 5) is 36.2. The van der Waals surface area contributed by atoms with E-state index < -0.39 is 34.6 Å². The van der Waals surface area contributed by atoms with Crippen molar-refractivity contribution in [2.24, 2.45) is 11.8 Å². The maximum atomic E-state index is 12.6. The zero-order valence-corrected chi connectivity index (χ0v) is 15.9. The second-order valence-electron chi connectivity index (χ2n) is 6.52. The Labute approximate surface area is 147 Å². The topological polar surface area (TPSA) is 128 Å². The molecule has 0 bridgehead atoms. The molecular formula is C15H29N3O5S. The second-order valence-corrected chi connectivity index (χ2v) is 7.98. The fourth-order valence-electron chi connectivity index (χ4n) is 2.20. The number of aliphatic hydroxyl groups is 1. The van der Waals surface area contributed by atoms with E-state index in [9.17, 15) is 19.5 Å². The molecule has 0 spiro atoms. The van der Waals surface area contributed by atoms with Gasteiger partial charge in [0.15, 0.2) is 0 Å². The van der Waals surface area contributed by atoms with E-state index in [4.69, 9.17) is 5.21 Å². The summed E-state index contributed by atoms with van der Waals surface area (Å²) in [6, 6.07) is -0.843. The quantitative estimate of drug-likeness (QED) is 0.287. The first-order chi connectivity index (χ1) is 11.0. The predicted octanol–water partition coefficient (Wildman–Crippen LogP) is -0.113. The van der Waals surface area contributed by atoms with Crippen LogP contribution in [0.3, 0.4) is 0 Å². The molecule has 0 aliphatic heterocycles. The van der Waals surface area contributed by atoms with E-state index in [1.54, 1.807) is 0 Å². The van der Waals surface area contributed by atoms with Crippen molar-refractivity contribution in [1.82, 2.24) is 16.1 Å². The van der Waals surface area contributed by atoms with E-state index in [2.05, 4.69) is 10.6 Å². The van der Waals surface area contributed by atoms with Crippen LogP contribution in [0.15, 0.2) is 0 Å². The van der Waals surface area contributed by atoms with Crippen molar-refractivity contribution in [3.05, 3.63) is 0 Å². The number of thioether (sulfide) groups is 1. The van der Waals surface area contributed by atoms with Crippen molar-refractivity contribution < 1.29 is 24.7 Å².